The molecular weight excluding hydrogens is 196 g/mol. The molecule has 0 fully saturated rings. The van der Waals surface area contributed by atoms with Crippen molar-refractivity contribution in [2.75, 3.05) is 5.32 Å². The minimum Gasteiger partial charge on any atom is -0.368 e. The van der Waals surface area contributed by atoms with Crippen molar-refractivity contribution in [1.82, 2.24) is 4.98 Å². The average molecular weight is 213 g/mol. The van der Waals surface area contributed by atoms with Gasteiger partial charge in [0, 0.05) is 6.04 Å². The second-order valence-electron chi connectivity index (χ2n) is 4.02. The summed E-state index contributed by atoms with van der Waals surface area (Å²) in [7, 11) is 0. The molecule has 1 unspecified atom stereocenters. The van der Waals surface area contributed by atoms with Gasteiger partial charge < -0.3 is 5.32 Å². The predicted octanol–water partition coefficient (Wildman–Crippen LogP) is 3.58. The van der Waals surface area contributed by atoms with Crippen molar-refractivity contribution < 1.29 is 0 Å². The standard InChI is InChI=1S/C11H17ClN2/c1-8(2)7-9(3)13-11-6-4-5-10(12)14-11/h4-6,8-9H,7H2,1-3H3,(H,13,14). The Morgan fingerprint density at radius 1 is 1.36 bits per heavy atom. The van der Waals surface area contributed by atoms with Gasteiger partial charge >= 0.3 is 0 Å². The van der Waals surface area contributed by atoms with Gasteiger partial charge in [0.1, 0.15) is 11.0 Å². The molecule has 0 aromatic carbocycles. The number of hydrogen-bond acceptors (Lipinski definition) is 2. The molecule has 1 atom stereocenters. The van der Waals surface area contributed by atoms with Gasteiger partial charge in [-0.3, -0.25) is 0 Å². The molecule has 0 aliphatic carbocycles. The van der Waals surface area contributed by atoms with E-state index >= 15 is 0 Å². The maximum atomic E-state index is 5.78. The summed E-state index contributed by atoms with van der Waals surface area (Å²) < 4.78 is 0. The zero-order valence-electron chi connectivity index (χ0n) is 8.92. The highest BCUT2D eigenvalue weighted by molar-refractivity contribution is 6.29. The van der Waals surface area contributed by atoms with Crippen molar-refractivity contribution in [3.63, 3.8) is 0 Å². The Balaban J connectivity index is 2.51. The van der Waals surface area contributed by atoms with Gasteiger partial charge in [0.25, 0.3) is 0 Å². The van der Waals surface area contributed by atoms with Gasteiger partial charge in [-0.1, -0.05) is 31.5 Å². The maximum absolute atomic E-state index is 5.78. The molecule has 0 spiro atoms. The molecule has 1 N–H and O–H groups in total. The molecule has 0 amide bonds. The van der Waals surface area contributed by atoms with Crippen molar-refractivity contribution >= 4 is 17.4 Å². The van der Waals surface area contributed by atoms with Crippen LogP contribution in [-0.4, -0.2) is 11.0 Å². The van der Waals surface area contributed by atoms with Gasteiger partial charge in [0.15, 0.2) is 0 Å². The monoisotopic (exact) mass is 212 g/mol. The first-order chi connectivity index (χ1) is 6.58. The van der Waals surface area contributed by atoms with Gasteiger partial charge in [-0.15, -0.1) is 0 Å². The van der Waals surface area contributed by atoms with Crippen LogP contribution in [0.1, 0.15) is 27.2 Å². The Bertz CT molecular complexity index is 286. The Labute approximate surface area is 90.7 Å². The number of nitrogens with one attached hydrogen (secondary N) is 1. The Morgan fingerprint density at radius 3 is 2.64 bits per heavy atom. The molecule has 0 radical (unpaired) electrons. The topological polar surface area (TPSA) is 24.9 Å². The van der Waals surface area contributed by atoms with Crippen LogP contribution in [0.3, 0.4) is 0 Å². The van der Waals surface area contributed by atoms with Crippen LogP contribution >= 0.6 is 11.6 Å². The molecule has 1 heterocycles. The highest BCUT2D eigenvalue weighted by Gasteiger charge is 2.05. The number of hydrogen-bond donors (Lipinski definition) is 1. The summed E-state index contributed by atoms with van der Waals surface area (Å²) in [4.78, 5) is 4.17. The van der Waals surface area contributed by atoms with E-state index in [1.165, 1.54) is 0 Å². The van der Waals surface area contributed by atoms with E-state index in [0.29, 0.717) is 17.1 Å². The highest BCUT2D eigenvalue weighted by atomic mass is 35.5. The Morgan fingerprint density at radius 2 is 2.07 bits per heavy atom. The summed E-state index contributed by atoms with van der Waals surface area (Å²) in [5, 5.41) is 3.85. The Hall–Kier alpha value is -0.760. The van der Waals surface area contributed by atoms with E-state index in [2.05, 4.69) is 31.1 Å². The SMILES string of the molecule is CC(C)CC(C)Nc1cccc(Cl)n1. The molecule has 1 aromatic heterocycles. The van der Waals surface area contributed by atoms with Crippen LogP contribution in [0.15, 0.2) is 18.2 Å². The summed E-state index contributed by atoms with van der Waals surface area (Å²) in [6.45, 7) is 6.58. The number of anilines is 1. The molecule has 3 heteroatoms. The van der Waals surface area contributed by atoms with Gasteiger partial charge in [-0.05, 0) is 31.4 Å². The minimum atomic E-state index is 0.431. The van der Waals surface area contributed by atoms with E-state index in [-0.39, 0.29) is 0 Å². The molecule has 0 saturated heterocycles. The lowest BCUT2D eigenvalue weighted by Gasteiger charge is -2.16. The summed E-state index contributed by atoms with van der Waals surface area (Å²) in [6, 6.07) is 6.04. The second-order valence-corrected chi connectivity index (χ2v) is 4.41. The van der Waals surface area contributed by atoms with Crippen molar-refractivity contribution in [2.24, 2.45) is 5.92 Å². The molecule has 1 aromatic rings. The average Bonchev–Trinajstić information content (AvgIpc) is 2.01. The normalized spacial score (nSPS) is 12.9. The molecule has 0 aliphatic rings. The van der Waals surface area contributed by atoms with E-state index in [1.54, 1.807) is 6.07 Å². The largest absolute Gasteiger partial charge is 0.368 e. The summed E-state index contributed by atoms with van der Waals surface area (Å²) in [5.41, 5.74) is 0. The van der Waals surface area contributed by atoms with Gasteiger partial charge in [0.2, 0.25) is 0 Å². The summed E-state index contributed by atoms with van der Waals surface area (Å²) in [5.74, 6) is 1.54. The molecule has 0 aliphatic heterocycles. The third-order valence-corrected chi connectivity index (χ3v) is 2.14. The lowest BCUT2D eigenvalue weighted by molar-refractivity contribution is 0.539. The molecule has 2 nitrogen and oxygen atoms in total. The second kappa shape index (κ2) is 5.20. The molecule has 78 valence electrons. The zero-order valence-corrected chi connectivity index (χ0v) is 9.67. The van der Waals surface area contributed by atoms with Gasteiger partial charge in [-0.2, -0.15) is 0 Å². The van der Waals surface area contributed by atoms with Gasteiger partial charge in [0.05, 0.1) is 0 Å². The number of rotatable bonds is 4. The maximum Gasteiger partial charge on any atom is 0.131 e. The third kappa shape index (κ3) is 3.97. The number of pyridine rings is 1. The molecular formula is C11H17ClN2. The number of aromatic nitrogens is 1. The fourth-order valence-corrected chi connectivity index (χ4v) is 1.67. The fourth-order valence-electron chi connectivity index (χ4n) is 1.51. The van der Waals surface area contributed by atoms with E-state index in [4.69, 9.17) is 11.6 Å². The third-order valence-electron chi connectivity index (χ3n) is 1.93. The fraction of sp³-hybridized carbons (Fsp3) is 0.545. The Kier molecular flexibility index (Phi) is 4.21. The van der Waals surface area contributed by atoms with E-state index in [9.17, 15) is 0 Å². The number of halogens is 1. The lowest BCUT2D eigenvalue weighted by Crippen LogP contribution is -2.18. The lowest BCUT2D eigenvalue weighted by atomic mass is 10.1. The summed E-state index contributed by atoms with van der Waals surface area (Å²) >= 11 is 5.78. The molecule has 1 rings (SSSR count). The summed E-state index contributed by atoms with van der Waals surface area (Å²) in [6.07, 6.45) is 1.13. The van der Waals surface area contributed by atoms with Crippen LogP contribution < -0.4 is 5.32 Å². The van der Waals surface area contributed by atoms with Crippen LogP contribution in [0.5, 0.6) is 0 Å². The first-order valence-corrected chi connectivity index (χ1v) is 5.35. The van der Waals surface area contributed by atoms with Crippen molar-refractivity contribution in [3.05, 3.63) is 23.4 Å². The van der Waals surface area contributed by atoms with Crippen LogP contribution in [-0.2, 0) is 0 Å². The minimum absolute atomic E-state index is 0.431. The van der Waals surface area contributed by atoms with Crippen molar-refractivity contribution in [3.8, 4) is 0 Å². The molecule has 0 saturated carbocycles. The van der Waals surface area contributed by atoms with Crippen molar-refractivity contribution in [2.45, 2.75) is 33.2 Å². The van der Waals surface area contributed by atoms with Crippen LogP contribution in [0.25, 0.3) is 0 Å². The first-order valence-electron chi connectivity index (χ1n) is 4.97. The van der Waals surface area contributed by atoms with Crippen molar-refractivity contribution in [1.29, 1.82) is 0 Å². The molecule has 14 heavy (non-hydrogen) atoms. The zero-order chi connectivity index (χ0) is 10.6. The highest BCUT2D eigenvalue weighted by Crippen LogP contribution is 2.13. The molecule has 0 bridgehead atoms. The van der Waals surface area contributed by atoms with E-state index < -0.39 is 0 Å². The van der Waals surface area contributed by atoms with E-state index in [0.717, 1.165) is 12.2 Å². The van der Waals surface area contributed by atoms with Crippen LogP contribution in [0.2, 0.25) is 5.15 Å². The van der Waals surface area contributed by atoms with Gasteiger partial charge in [-0.25, -0.2) is 4.98 Å². The van der Waals surface area contributed by atoms with Crippen LogP contribution in [0, 0.1) is 5.92 Å². The first kappa shape index (κ1) is 11.3. The smallest absolute Gasteiger partial charge is 0.131 e. The predicted molar refractivity (Wildman–Crippen MR) is 61.8 cm³/mol. The van der Waals surface area contributed by atoms with E-state index in [1.807, 2.05) is 12.1 Å². The number of nitrogens with zero attached hydrogens (tertiary/aromatic N) is 1. The van der Waals surface area contributed by atoms with Crippen LogP contribution in [0.4, 0.5) is 5.82 Å². The quantitative estimate of drug-likeness (QED) is 0.772.